The highest BCUT2D eigenvalue weighted by molar-refractivity contribution is 7.16. The Bertz CT molecular complexity index is 1030. The number of carbonyl (C=O) groups is 3. The zero-order valence-corrected chi connectivity index (χ0v) is 17.3. The van der Waals surface area contributed by atoms with Gasteiger partial charge in [-0.25, -0.2) is 0 Å². The predicted octanol–water partition coefficient (Wildman–Crippen LogP) is 3.69. The van der Waals surface area contributed by atoms with Crippen LogP contribution in [0.15, 0.2) is 66.7 Å². The Morgan fingerprint density at radius 1 is 1.03 bits per heavy atom. The second-order valence-electron chi connectivity index (χ2n) is 6.74. The molecular formula is C23H22N2O4S. The SMILES string of the molecule is Cc1cc(C(=O)c2ccccc2)c(NC(=O)C(N)CC(=O)OCc2ccccc2)s1. The Labute approximate surface area is 178 Å². The number of carbonyl (C=O) groups excluding carboxylic acids is 3. The van der Waals surface area contributed by atoms with Crippen molar-refractivity contribution in [2.45, 2.75) is 26.0 Å². The van der Waals surface area contributed by atoms with E-state index in [2.05, 4.69) is 5.32 Å². The predicted molar refractivity (Wildman–Crippen MR) is 116 cm³/mol. The largest absolute Gasteiger partial charge is 0.461 e. The summed E-state index contributed by atoms with van der Waals surface area (Å²) in [6, 6.07) is 18.7. The Morgan fingerprint density at radius 2 is 1.67 bits per heavy atom. The summed E-state index contributed by atoms with van der Waals surface area (Å²) in [5.41, 5.74) is 7.66. The summed E-state index contributed by atoms with van der Waals surface area (Å²) in [5, 5.41) is 3.10. The average molecular weight is 423 g/mol. The molecule has 7 heteroatoms. The summed E-state index contributed by atoms with van der Waals surface area (Å²) >= 11 is 1.29. The molecule has 0 radical (unpaired) electrons. The highest BCUT2D eigenvalue weighted by Crippen LogP contribution is 2.29. The maximum absolute atomic E-state index is 12.8. The molecule has 3 N–H and O–H groups in total. The fraction of sp³-hybridized carbons (Fsp3) is 0.174. The van der Waals surface area contributed by atoms with E-state index in [4.69, 9.17) is 10.5 Å². The van der Waals surface area contributed by atoms with E-state index in [9.17, 15) is 14.4 Å². The highest BCUT2D eigenvalue weighted by Gasteiger charge is 2.23. The van der Waals surface area contributed by atoms with Gasteiger partial charge in [0.15, 0.2) is 5.78 Å². The molecule has 3 rings (SSSR count). The molecule has 0 saturated heterocycles. The number of hydrogen-bond acceptors (Lipinski definition) is 6. The molecule has 1 atom stereocenters. The second kappa shape index (κ2) is 9.96. The molecule has 0 aliphatic carbocycles. The fourth-order valence-electron chi connectivity index (χ4n) is 2.79. The van der Waals surface area contributed by atoms with Gasteiger partial charge in [-0.1, -0.05) is 60.7 Å². The number of thiophene rings is 1. The molecule has 6 nitrogen and oxygen atoms in total. The lowest BCUT2D eigenvalue weighted by molar-refractivity contribution is -0.146. The monoisotopic (exact) mass is 422 g/mol. The van der Waals surface area contributed by atoms with Crippen molar-refractivity contribution in [3.8, 4) is 0 Å². The van der Waals surface area contributed by atoms with Gasteiger partial charge in [-0.15, -0.1) is 11.3 Å². The molecule has 30 heavy (non-hydrogen) atoms. The van der Waals surface area contributed by atoms with Crippen molar-refractivity contribution in [2.24, 2.45) is 5.73 Å². The summed E-state index contributed by atoms with van der Waals surface area (Å²) in [5.74, 6) is -1.30. The molecule has 3 aromatic rings. The van der Waals surface area contributed by atoms with Crippen molar-refractivity contribution < 1.29 is 19.1 Å². The van der Waals surface area contributed by atoms with Gasteiger partial charge in [-0.05, 0) is 18.6 Å². The highest BCUT2D eigenvalue weighted by atomic mass is 32.1. The molecule has 1 aromatic heterocycles. The lowest BCUT2D eigenvalue weighted by Gasteiger charge is -2.12. The minimum absolute atomic E-state index is 0.119. The first-order valence-corrected chi connectivity index (χ1v) is 10.2. The van der Waals surface area contributed by atoms with E-state index >= 15 is 0 Å². The lowest BCUT2D eigenvalue weighted by Crippen LogP contribution is -2.38. The minimum Gasteiger partial charge on any atom is -0.461 e. The van der Waals surface area contributed by atoms with E-state index in [1.54, 1.807) is 30.3 Å². The number of nitrogens with one attached hydrogen (secondary N) is 1. The molecule has 2 aromatic carbocycles. The van der Waals surface area contributed by atoms with E-state index in [0.717, 1.165) is 10.4 Å². The molecule has 1 amide bonds. The van der Waals surface area contributed by atoms with Crippen LogP contribution in [0.3, 0.4) is 0 Å². The molecule has 0 saturated carbocycles. The summed E-state index contributed by atoms with van der Waals surface area (Å²) in [4.78, 5) is 38.2. The molecule has 0 aliphatic rings. The van der Waals surface area contributed by atoms with Crippen molar-refractivity contribution in [3.63, 3.8) is 0 Å². The third-order valence-electron chi connectivity index (χ3n) is 4.34. The van der Waals surface area contributed by atoms with E-state index in [-0.39, 0.29) is 18.8 Å². The van der Waals surface area contributed by atoms with E-state index in [1.807, 2.05) is 43.3 Å². The van der Waals surface area contributed by atoms with Crippen LogP contribution in [0, 0.1) is 6.92 Å². The Hall–Kier alpha value is -3.29. The zero-order valence-electron chi connectivity index (χ0n) is 16.5. The van der Waals surface area contributed by atoms with Crippen LogP contribution in [0.25, 0.3) is 0 Å². The topological polar surface area (TPSA) is 98.5 Å². The number of ether oxygens (including phenoxy) is 1. The van der Waals surface area contributed by atoms with Crippen LogP contribution in [0.2, 0.25) is 0 Å². The maximum atomic E-state index is 12.8. The number of benzene rings is 2. The van der Waals surface area contributed by atoms with E-state index in [1.165, 1.54) is 11.3 Å². The second-order valence-corrected chi connectivity index (χ2v) is 8.00. The quantitative estimate of drug-likeness (QED) is 0.426. The van der Waals surface area contributed by atoms with Gasteiger partial charge in [-0.3, -0.25) is 14.4 Å². The maximum Gasteiger partial charge on any atom is 0.308 e. The van der Waals surface area contributed by atoms with Gasteiger partial charge >= 0.3 is 5.97 Å². The Balaban J connectivity index is 1.60. The number of anilines is 1. The zero-order chi connectivity index (χ0) is 21.5. The number of aryl methyl sites for hydroxylation is 1. The average Bonchev–Trinajstić information content (AvgIpc) is 3.13. The van der Waals surface area contributed by atoms with Crippen LogP contribution in [0.4, 0.5) is 5.00 Å². The van der Waals surface area contributed by atoms with Gasteiger partial charge in [0.05, 0.1) is 18.0 Å². The van der Waals surface area contributed by atoms with Gasteiger partial charge in [0.25, 0.3) is 0 Å². The standard InChI is InChI=1S/C23H22N2O4S/c1-15-12-18(21(27)17-10-6-3-7-11-17)23(30-15)25-22(28)19(24)13-20(26)29-14-16-8-4-2-5-9-16/h2-12,19H,13-14,24H2,1H3,(H,25,28). The number of nitrogens with two attached hydrogens (primary N) is 1. The lowest BCUT2D eigenvalue weighted by atomic mass is 10.1. The minimum atomic E-state index is -1.09. The van der Waals surface area contributed by atoms with Crippen molar-refractivity contribution in [2.75, 3.05) is 5.32 Å². The van der Waals surface area contributed by atoms with Crippen molar-refractivity contribution in [3.05, 3.63) is 88.3 Å². The van der Waals surface area contributed by atoms with Gasteiger partial charge in [0.1, 0.15) is 11.6 Å². The van der Waals surface area contributed by atoms with Gasteiger partial charge < -0.3 is 15.8 Å². The Morgan fingerprint density at radius 3 is 2.33 bits per heavy atom. The molecule has 1 unspecified atom stereocenters. The van der Waals surface area contributed by atoms with Crippen LogP contribution in [-0.4, -0.2) is 23.7 Å². The molecule has 0 fully saturated rings. The van der Waals surface area contributed by atoms with E-state index in [0.29, 0.717) is 16.1 Å². The van der Waals surface area contributed by atoms with Crippen LogP contribution in [-0.2, 0) is 20.9 Å². The first-order valence-electron chi connectivity index (χ1n) is 9.40. The van der Waals surface area contributed by atoms with Crippen LogP contribution >= 0.6 is 11.3 Å². The molecule has 0 bridgehead atoms. The molecule has 0 spiro atoms. The van der Waals surface area contributed by atoms with E-state index < -0.39 is 17.9 Å². The summed E-state index contributed by atoms with van der Waals surface area (Å²) in [6.45, 7) is 1.97. The van der Waals surface area contributed by atoms with Gasteiger partial charge in [-0.2, -0.15) is 0 Å². The molecule has 0 aliphatic heterocycles. The van der Waals surface area contributed by atoms with Crippen LogP contribution < -0.4 is 11.1 Å². The first-order chi connectivity index (χ1) is 14.4. The molecule has 154 valence electrons. The summed E-state index contributed by atoms with van der Waals surface area (Å²) < 4.78 is 5.17. The normalized spacial score (nSPS) is 11.5. The van der Waals surface area contributed by atoms with Crippen molar-refractivity contribution >= 4 is 34.0 Å². The number of amides is 1. The van der Waals surface area contributed by atoms with Crippen LogP contribution in [0.5, 0.6) is 0 Å². The first kappa shape index (κ1) is 21.4. The van der Waals surface area contributed by atoms with Crippen LogP contribution in [0.1, 0.15) is 32.8 Å². The van der Waals surface area contributed by atoms with Gasteiger partial charge in [0.2, 0.25) is 5.91 Å². The van der Waals surface area contributed by atoms with Crippen molar-refractivity contribution in [1.82, 2.24) is 0 Å². The van der Waals surface area contributed by atoms with Gasteiger partial charge in [0, 0.05) is 10.4 Å². The third-order valence-corrected chi connectivity index (χ3v) is 5.30. The fourth-order valence-corrected chi connectivity index (χ4v) is 3.71. The number of ketones is 1. The number of esters is 1. The van der Waals surface area contributed by atoms with Crippen molar-refractivity contribution in [1.29, 1.82) is 0 Å². The third kappa shape index (κ3) is 5.62. The number of rotatable bonds is 8. The Kier molecular flexibility index (Phi) is 7.11. The smallest absolute Gasteiger partial charge is 0.308 e. The number of hydrogen-bond donors (Lipinski definition) is 2. The molecule has 1 heterocycles. The summed E-state index contributed by atoms with van der Waals surface area (Å²) in [7, 11) is 0. The summed E-state index contributed by atoms with van der Waals surface area (Å²) in [6.07, 6.45) is -0.259. The molecular weight excluding hydrogens is 400 g/mol.